The second-order valence-corrected chi connectivity index (χ2v) is 8.04. The van der Waals surface area contributed by atoms with Gasteiger partial charge in [-0.1, -0.05) is 0 Å². The van der Waals surface area contributed by atoms with E-state index in [4.69, 9.17) is 15.5 Å². The normalized spacial score (nSPS) is 28.5. The van der Waals surface area contributed by atoms with Crippen molar-refractivity contribution in [1.29, 1.82) is 0 Å². The topological polar surface area (TPSA) is 174 Å². The Morgan fingerprint density at radius 3 is 2.87 bits per heavy atom. The largest absolute Gasteiger partial charge is 0.469 e. The molecular formula is C10H14N5O6PS. The van der Waals surface area contributed by atoms with Crippen LogP contribution < -0.4 is 5.73 Å². The Morgan fingerprint density at radius 2 is 2.17 bits per heavy atom. The SMILES string of the molecule is Nc1ncnc2c1ncn2C1CC(O)C(COP(=O)(O)O)S1=O. The average molecular weight is 363 g/mol. The van der Waals surface area contributed by atoms with Crippen molar-refractivity contribution in [3.05, 3.63) is 12.7 Å². The van der Waals surface area contributed by atoms with Gasteiger partial charge < -0.3 is 20.6 Å². The van der Waals surface area contributed by atoms with Crippen LogP contribution in [-0.2, 0) is 19.9 Å². The van der Waals surface area contributed by atoms with Gasteiger partial charge in [-0.15, -0.1) is 0 Å². The second-order valence-electron chi connectivity index (χ2n) is 4.99. The van der Waals surface area contributed by atoms with E-state index >= 15 is 0 Å². The van der Waals surface area contributed by atoms with Gasteiger partial charge in [0.05, 0.1) is 35.1 Å². The van der Waals surface area contributed by atoms with Crippen molar-refractivity contribution in [3.8, 4) is 0 Å². The smallest absolute Gasteiger partial charge is 0.392 e. The number of nitrogens with two attached hydrogens (primary N) is 1. The molecule has 0 aromatic carbocycles. The average Bonchev–Trinajstić information content (AvgIpc) is 2.99. The van der Waals surface area contributed by atoms with Gasteiger partial charge in [0, 0.05) is 6.42 Å². The molecule has 126 valence electrons. The molecule has 4 unspecified atom stereocenters. The predicted octanol–water partition coefficient (Wildman–Crippen LogP) is -1.10. The van der Waals surface area contributed by atoms with Crippen molar-refractivity contribution in [3.63, 3.8) is 0 Å². The highest BCUT2D eigenvalue weighted by Crippen LogP contribution is 2.40. The van der Waals surface area contributed by atoms with Crippen LogP contribution in [0, 0.1) is 0 Å². The van der Waals surface area contributed by atoms with Crippen molar-refractivity contribution in [2.75, 3.05) is 12.3 Å². The molecule has 0 radical (unpaired) electrons. The van der Waals surface area contributed by atoms with E-state index in [0.717, 1.165) is 0 Å². The number of aliphatic hydroxyl groups excluding tert-OH is 1. The number of rotatable bonds is 4. The van der Waals surface area contributed by atoms with Crippen LogP contribution in [0.15, 0.2) is 12.7 Å². The summed E-state index contributed by atoms with van der Waals surface area (Å²) in [5, 5.41) is 8.45. The molecule has 1 aliphatic heterocycles. The highest BCUT2D eigenvalue weighted by atomic mass is 32.2. The monoisotopic (exact) mass is 363 g/mol. The number of aliphatic hydroxyl groups is 1. The minimum Gasteiger partial charge on any atom is -0.392 e. The Kier molecular flexibility index (Phi) is 4.21. The summed E-state index contributed by atoms with van der Waals surface area (Å²) in [4.78, 5) is 29.4. The molecule has 0 bridgehead atoms. The van der Waals surface area contributed by atoms with E-state index in [0.29, 0.717) is 11.2 Å². The van der Waals surface area contributed by atoms with Crippen molar-refractivity contribution in [1.82, 2.24) is 19.5 Å². The molecule has 1 fully saturated rings. The van der Waals surface area contributed by atoms with Crippen molar-refractivity contribution in [2.45, 2.75) is 23.1 Å². The summed E-state index contributed by atoms with van der Waals surface area (Å²) in [6, 6.07) is 0. The Bertz CT molecular complexity index is 808. The Balaban J connectivity index is 1.88. The molecular weight excluding hydrogens is 349 g/mol. The summed E-state index contributed by atoms with van der Waals surface area (Å²) in [6.07, 6.45) is 1.72. The molecule has 23 heavy (non-hydrogen) atoms. The van der Waals surface area contributed by atoms with E-state index in [1.807, 2.05) is 0 Å². The van der Waals surface area contributed by atoms with Crippen LogP contribution in [-0.4, -0.2) is 56.6 Å². The molecule has 13 heteroatoms. The standard InChI is InChI=1S/C10H14N5O6PS/c11-9-8-10(13-3-12-9)15(4-14-8)7-1-5(16)6(23(7)20)2-21-22(17,18)19/h3-7,16H,1-2H2,(H2,11,12,13)(H2,17,18,19). The Hall–Kier alpha value is -1.43. The number of fused-ring (bicyclic) bond motifs is 1. The van der Waals surface area contributed by atoms with Gasteiger partial charge in [0.1, 0.15) is 17.2 Å². The van der Waals surface area contributed by atoms with E-state index in [1.165, 1.54) is 17.2 Å². The fraction of sp³-hybridized carbons (Fsp3) is 0.500. The van der Waals surface area contributed by atoms with Crippen LogP contribution in [0.4, 0.5) is 5.82 Å². The number of nitrogen functional groups attached to an aromatic ring is 1. The molecule has 11 nitrogen and oxygen atoms in total. The minimum absolute atomic E-state index is 0.108. The maximum atomic E-state index is 12.6. The lowest BCUT2D eigenvalue weighted by Gasteiger charge is -2.14. The minimum atomic E-state index is -4.70. The van der Waals surface area contributed by atoms with Gasteiger partial charge in [0.15, 0.2) is 11.5 Å². The summed E-state index contributed by atoms with van der Waals surface area (Å²) in [5.41, 5.74) is 6.42. The maximum Gasteiger partial charge on any atom is 0.469 e. The van der Waals surface area contributed by atoms with Crippen LogP contribution >= 0.6 is 7.82 Å². The highest BCUT2D eigenvalue weighted by molar-refractivity contribution is 7.86. The summed E-state index contributed by atoms with van der Waals surface area (Å²) >= 11 is 0. The third-order valence-corrected chi connectivity index (χ3v) is 6.03. The van der Waals surface area contributed by atoms with Crippen molar-refractivity contribution in [2.24, 2.45) is 0 Å². The number of imidazole rings is 1. The number of hydrogen-bond donors (Lipinski definition) is 4. The predicted molar refractivity (Wildman–Crippen MR) is 79.3 cm³/mol. The number of hydrogen-bond acceptors (Lipinski definition) is 8. The zero-order valence-electron chi connectivity index (χ0n) is 11.6. The first kappa shape index (κ1) is 16.4. The quantitative estimate of drug-likeness (QED) is 0.488. The Labute approximate surface area is 132 Å². The van der Waals surface area contributed by atoms with Crippen LogP contribution in [0.2, 0.25) is 0 Å². The van der Waals surface area contributed by atoms with E-state index in [1.54, 1.807) is 0 Å². The lowest BCUT2D eigenvalue weighted by Crippen LogP contribution is -2.28. The third-order valence-electron chi connectivity index (χ3n) is 3.54. The molecule has 0 aliphatic carbocycles. The summed E-state index contributed by atoms with van der Waals surface area (Å²) < 4.78 is 29.2. The van der Waals surface area contributed by atoms with Gasteiger partial charge in [-0.2, -0.15) is 0 Å². The van der Waals surface area contributed by atoms with E-state index < -0.39 is 42.0 Å². The number of aromatic nitrogens is 4. The van der Waals surface area contributed by atoms with Gasteiger partial charge in [0.25, 0.3) is 0 Å². The summed E-state index contributed by atoms with van der Waals surface area (Å²) in [6.45, 7) is -0.516. The van der Waals surface area contributed by atoms with Gasteiger partial charge in [-0.3, -0.25) is 13.3 Å². The molecule has 2 aromatic heterocycles. The molecule has 0 spiro atoms. The van der Waals surface area contributed by atoms with Gasteiger partial charge in [0.2, 0.25) is 0 Å². The summed E-state index contributed by atoms with van der Waals surface area (Å²) in [5.74, 6) is 0.180. The van der Waals surface area contributed by atoms with Crippen LogP contribution in [0.1, 0.15) is 11.8 Å². The Morgan fingerprint density at radius 1 is 1.43 bits per heavy atom. The molecule has 0 amide bonds. The first-order chi connectivity index (χ1) is 10.8. The number of phosphoric ester groups is 1. The lowest BCUT2D eigenvalue weighted by atomic mass is 10.2. The summed E-state index contributed by atoms with van der Waals surface area (Å²) in [7, 11) is -6.35. The lowest BCUT2D eigenvalue weighted by molar-refractivity contribution is 0.128. The maximum absolute atomic E-state index is 12.6. The van der Waals surface area contributed by atoms with Gasteiger partial charge >= 0.3 is 7.82 Å². The first-order valence-corrected chi connectivity index (χ1v) is 9.29. The molecule has 3 rings (SSSR count). The fourth-order valence-electron chi connectivity index (χ4n) is 2.46. The van der Waals surface area contributed by atoms with Gasteiger partial charge in [-0.25, -0.2) is 19.5 Å². The second kappa shape index (κ2) is 5.89. The molecule has 2 aromatic rings. The zero-order valence-corrected chi connectivity index (χ0v) is 13.3. The molecule has 0 saturated carbocycles. The molecule has 1 saturated heterocycles. The molecule has 3 heterocycles. The van der Waals surface area contributed by atoms with E-state index in [9.17, 15) is 13.9 Å². The molecule has 4 atom stereocenters. The zero-order chi connectivity index (χ0) is 16.8. The number of anilines is 1. The van der Waals surface area contributed by atoms with E-state index in [-0.39, 0.29) is 12.2 Å². The molecule has 1 aliphatic rings. The van der Waals surface area contributed by atoms with Crippen LogP contribution in [0.3, 0.4) is 0 Å². The van der Waals surface area contributed by atoms with Crippen LogP contribution in [0.25, 0.3) is 11.2 Å². The fourth-order valence-corrected chi connectivity index (χ4v) is 4.71. The van der Waals surface area contributed by atoms with Crippen molar-refractivity contribution >= 4 is 35.6 Å². The van der Waals surface area contributed by atoms with Crippen molar-refractivity contribution < 1.29 is 28.2 Å². The third kappa shape index (κ3) is 3.13. The number of nitrogens with zero attached hydrogens (tertiary/aromatic N) is 4. The van der Waals surface area contributed by atoms with Gasteiger partial charge in [-0.05, 0) is 0 Å². The first-order valence-electron chi connectivity index (χ1n) is 6.48. The highest BCUT2D eigenvalue weighted by Gasteiger charge is 2.43. The van der Waals surface area contributed by atoms with Crippen LogP contribution in [0.5, 0.6) is 0 Å². The molecule has 5 N–H and O–H groups in total. The number of phosphoric acid groups is 1. The van der Waals surface area contributed by atoms with E-state index in [2.05, 4.69) is 19.5 Å².